The van der Waals surface area contributed by atoms with Crippen molar-refractivity contribution in [3.63, 3.8) is 0 Å². The topological polar surface area (TPSA) is 38.5 Å². The van der Waals surface area contributed by atoms with Crippen LogP contribution in [0.1, 0.15) is 24.8 Å². The van der Waals surface area contributed by atoms with Gasteiger partial charge in [-0.2, -0.15) is 0 Å². The molecular weight excluding hydrogens is 358 g/mol. The number of benzene rings is 1. The first kappa shape index (κ1) is 17.4. The average molecular weight is 386 g/mol. The lowest BCUT2D eigenvalue weighted by molar-refractivity contribution is 0.121. The van der Waals surface area contributed by atoms with E-state index in [0.29, 0.717) is 0 Å². The Labute approximate surface area is 165 Å². The summed E-state index contributed by atoms with van der Waals surface area (Å²) in [7, 11) is 0. The van der Waals surface area contributed by atoms with Crippen LogP contribution in [0.4, 0.5) is 5.95 Å². The lowest BCUT2D eigenvalue weighted by atomic mass is 10.1. The molecule has 2 bridgehead atoms. The summed E-state index contributed by atoms with van der Waals surface area (Å²) in [5.74, 6) is 1.87. The smallest absolute Gasteiger partial charge is 0.226 e. The molecule has 0 spiro atoms. The molecule has 0 radical (unpaired) electrons. The molecule has 1 aliphatic carbocycles. The number of rotatable bonds is 5. The molecule has 5 rings (SSSR count). The monoisotopic (exact) mass is 385 g/mol. The molecule has 27 heavy (non-hydrogen) atoms. The van der Waals surface area contributed by atoms with Crippen molar-refractivity contribution in [3.8, 4) is 0 Å². The lowest BCUT2D eigenvalue weighted by Gasteiger charge is -2.28. The minimum atomic E-state index is 0.725. The maximum Gasteiger partial charge on any atom is 0.226 e. The van der Waals surface area contributed by atoms with Crippen molar-refractivity contribution in [1.82, 2.24) is 19.2 Å². The van der Waals surface area contributed by atoms with Crippen LogP contribution in [0.2, 0.25) is 0 Å². The van der Waals surface area contributed by atoms with Crippen molar-refractivity contribution in [2.24, 2.45) is 5.92 Å². The highest BCUT2D eigenvalue weighted by molar-refractivity contribution is 7.71. The van der Waals surface area contributed by atoms with Crippen LogP contribution < -0.4 is 4.90 Å². The number of likely N-dealkylation sites (tertiary alicyclic amines) is 1. The van der Waals surface area contributed by atoms with Gasteiger partial charge in [0.25, 0.3) is 0 Å². The Balaban J connectivity index is 1.45. The van der Waals surface area contributed by atoms with E-state index in [9.17, 15) is 0 Å². The molecule has 0 N–H and O–H groups in total. The molecule has 2 saturated heterocycles. The number of piperidine rings is 1. The molecule has 3 heterocycles. The van der Waals surface area contributed by atoms with Crippen LogP contribution in [0, 0.1) is 10.7 Å². The van der Waals surface area contributed by atoms with Crippen molar-refractivity contribution < 1.29 is 4.74 Å². The molecular formula is C20H27N5OS. The molecule has 3 aliphatic rings. The number of hydrogen-bond donors (Lipinski definition) is 0. The zero-order chi connectivity index (χ0) is 18.2. The predicted octanol–water partition coefficient (Wildman–Crippen LogP) is 2.74. The normalized spacial score (nSPS) is 25.4. The predicted molar refractivity (Wildman–Crippen MR) is 107 cm³/mol. The van der Waals surface area contributed by atoms with E-state index in [4.69, 9.17) is 22.1 Å². The number of fused-ring (bicyclic) bond motifs is 2. The summed E-state index contributed by atoms with van der Waals surface area (Å²) in [5.41, 5.74) is 1.25. The van der Waals surface area contributed by atoms with Gasteiger partial charge in [-0.3, -0.25) is 9.47 Å². The second kappa shape index (κ2) is 7.37. The standard InChI is InChI=1S/C20H27N5OS/c27-20-24(14-16-4-2-1-3-5-16)19(22-8-10-26-11-9-22)21-25(20)15-23-13-17-6-7-18(23)12-17/h1-5,17-18H,6-15H2. The molecule has 1 aromatic carbocycles. The van der Waals surface area contributed by atoms with Gasteiger partial charge in [0.1, 0.15) is 0 Å². The van der Waals surface area contributed by atoms with E-state index in [1.165, 1.54) is 31.4 Å². The maximum absolute atomic E-state index is 5.88. The van der Waals surface area contributed by atoms with Crippen LogP contribution in [-0.2, 0) is 18.0 Å². The van der Waals surface area contributed by atoms with Gasteiger partial charge in [-0.1, -0.05) is 30.3 Å². The van der Waals surface area contributed by atoms with Crippen LogP contribution in [0.5, 0.6) is 0 Å². The fourth-order valence-corrected chi connectivity index (χ4v) is 5.04. The highest BCUT2D eigenvalue weighted by atomic mass is 32.1. The van der Waals surface area contributed by atoms with Crippen molar-refractivity contribution >= 4 is 18.2 Å². The number of nitrogens with zero attached hydrogens (tertiary/aromatic N) is 5. The molecule has 0 amide bonds. The van der Waals surface area contributed by atoms with E-state index in [-0.39, 0.29) is 0 Å². The van der Waals surface area contributed by atoms with Gasteiger partial charge in [-0.25, -0.2) is 4.68 Å². The summed E-state index contributed by atoms with van der Waals surface area (Å²) < 4.78 is 10.6. The van der Waals surface area contributed by atoms with E-state index in [1.54, 1.807) is 0 Å². The van der Waals surface area contributed by atoms with E-state index >= 15 is 0 Å². The first-order valence-corrected chi connectivity index (χ1v) is 10.5. The van der Waals surface area contributed by atoms with Crippen LogP contribution in [0.25, 0.3) is 0 Å². The third-order valence-electron chi connectivity index (χ3n) is 6.22. The minimum Gasteiger partial charge on any atom is -0.378 e. The SMILES string of the molecule is S=c1n(CN2CC3CCC2C3)nc(N2CCOCC2)n1Cc1ccccc1. The van der Waals surface area contributed by atoms with Crippen molar-refractivity contribution in [2.75, 3.05) is 37.7 Å². The summed E-state index contributed by atoms with van der Waals surface area (Å²) in [4.78, 5) is 4.89. The molecule has 3 fully saturated rings. The van der Waals surface area contributed by atoms with Crippen LogP contribution in [0.3, 0.4) is 0 Å². The molecule has 1 saturated carbocycles. The largest absolute Gasteiger partial charge is 0.378 e. The Morgan fingerprint density at radius 3 is 2.63 bits per heavy atom. The highest BCUT2D eigenvalue weighted by Gasteiger charge is 2.38. The van der Waals surface area contributed by atoms with Gasteiger partial charge >= 0.3 is 0 Å². The van der Waals surface area contributed by atoms with Gasteiger partial charge in [0.05, 0.1) is 26.4 Å². The van der Waals surface area contributed by atoms with Gasteiger partial charge in [-0.15, -0.1) is 5.10 Å². The van der Waals surface area contributed by atoms with Crippen molar-refractivity contribution in [3.05, 3.63) is 40.7 Å². The maximum atomic E-state index is 5.88. The zero-order valence-electron chi connectivity index (χ0n) is 15.7. The van der Waals surface area contributed by atoms with E-state index in [2.05, 4.69) is 44.7 Å². The van der Waals surface area contributed by atoms with Crippen LogP contribution in [-0.4, -0.2) is 58.1 Å². The van der Waals surface area contributed by atoms with Gasteiger partial charge < -0.3 is 9.64 Å². The molecule has 7 heteroatoms. The van der Waals surface area contributed by atoms with Gasteiger partial charge in [0.15, 0.2) is 0 Å². The Hall–Kier alpha value is -1.70. The van der Waals surface area contributed by atoms with Gasteiger partial charge in [-0.05, 0) is 43.0 Å². The van der Waals surface area contributed by atoms with E-state index < -0.39 is 0 Å². The number of aromatic nitrogens is 3. The van der Waals surface area contributed by atoms with Crippen molar-refractivity contribution in [2.45, 2.75) is 38.5 Å². The number of anilines is 1. The summed E-state index contributed by atoms with van der Waals surface area (Å²) in [6, 6.07) is 11.3. The fraction of sp³-hybridized carbons (Fsp3) is 0.600. The second-order valence-corrected chi connectivity index (χ2v) is 8.36. The Bertz CT molecular complexity index is 842. The first-order valence-electron chi connectivity index (χ1n) is 10.1. The summed E-state index contributed by atoms with van der Waals surface area (Å²) in [6.45, 7) is 6.02. The van der Waals surface area contributed by atoms with Crippen LogP contribution in [0.15, 0.2) is 30.3 Å². The molecule has 2 aliphatic heterocycles. The number of ether oxygens (including phenoxy) is 1. The third-order valence-corrected chi connectivity index (χ3v) is 6.65. The molecule has 1 aromatic heterocycles. The third kappa shape index (κ3) is 3.44. The molecule has 6 nitrogen and oxygen atoms in total. The van der Waals surface area contributed by atoms with E-state index in [0.717, 1.165) is 62.2 Å². The Kier molecular flexibility index (Phi) is 4.75. The van der Waals surface area contributed by atoms with Gasteiger partial charge in [0, 0.05) is 25.7 Å². The summed E-state index contributed by atoms with van der Waals surface area (Å²) in [5, 5.41) is 4.98. The summed E-state index contributed by atoms with van der Waals surface area (Å²) in [6.07, 6.45) is 4.08. The van der Waals surface area contributed by atoms with Gasteiger partial charge in [0.2, 0.25) is 10.7 Å². The number of hydrogen-bond acceptors (Lipinski definition) is 5. The lowest BCUT2D eigenvalue weighted by Crippen LogP contribution is -2.38. The van der Waals surface area contributed by atoms with Crippen LogP contribution >= 0.6 is 12.2 Å². The Morgan fingerprint density at radius 1 is 1.11 bits per heavy atom. The fourth-order valence-electron chi connectivity index (χ4n) is 4.80. The molecule has 2 atom stereocenters. The summed E-state index contributed by atoms with van der Waals surface area (Å²) >= 11 is 5.88. The average Bonchev–Trinajstić information content (AvgIpc) is 3.41. The Morgan fingerprint density at radius 2 is 1.93 bits per heavy atom. The quantitative estimate of drug-likeness (QED) is 0.740. The second-order valence-electron chi connectivity index (χ2n) is 8.00. The molecule has 144 valence electrons. The minimum absolute atomic E-state index is 0.725. The molecule has 2 aromatic rings. The number of morpholine rings is 1. The molecule has 2 unspecified atom stereocenters. The highest BCUT2D eigenvalue weighted by Crippen LogP contribution is 2.37. The van der Waals surface area contributed by atoms with E-state index in [1.807, 2.05) is 4.68 Å². The van der Waals surface area contributed by atoms with Crippen molar-refractivity contribution in [1.29, 1.82) is 0 Å². The first-order chi connectivity index (χ1) is 13.3. The zero-order valence-corrected chi connectivity index (χ0v) is 16.5.